The second-order valence-corrected chi connectivity index (χ2v) is 4.93. The van der Waals surface area contributed by atoms with Gasteiger partial charge < -0.3 is 10.1 Å². The van der Waals surface area contributed by atoms with Crippen LogP contribution in [0.25, 0.3) is 0 Å². The third-order valence-corrected chi connectivity index (χ3v) is 3.74. The van der Waals surface area contributed by atoms with Gasteiger partial charge in [0.05, 0.1) is 24.9 Å². The van der Waals surface area contributed by atoms with Crippen LogP contribution >= 0.6 is 0 Å². The number of hydrogen-bond acceptors (Lipinski definition) is 4. The number of methoxy groups -OCH3 is 1. The van der Waals surface area contributed by atoms with E-state index in [1.54, 1.807) is 0 Å². The fourth-order valence-corrected chi connectivity index (χ4v) is 2.69. The number of anilines is 1. The molecule has 1 aliphatic carbocycles. The van der Waals surface area contributed by atoms with Crippen LogP contribution in [0.4, 0.5) is 5.69 Å². The zero-order valence-corrected chi connectivity index (χ0v) is 11.6. The molecule has 0 saturated heterocycles. The maximum Gasteiger partial charge on any atom is 0.358 e. The summed E-state index contributed by atoms with van der Waals surface area (Å²) in [6.45, 7) is 0. The van der Waals surface area contributed by atoms with Gasteiger partial charge in [0, 0.05) is 0 Å². The molecule has 6 nitrogen and oxygen atoms in total. The fourth-order valence-electron chi connectivity index (χ4n) is 2.69. The van der Waals surface area contributed by atoms with E-state index in [9.17, 15) is 9.59 Å². The highest BCUT2D eigenvalue weighted by atomic mass is 16.5. The van der Waals surface area contributed by atoms with E-state index in [4.69, 9.17) is 0 Å². The number of aromatic amines is 1. The fraction of sp³-hybridized carbons (Fsp3) is 0.267. The zero-order valence-electron chi connectivity index (χ0n) is 11.6. The lowest BCUT2D eigenvalue weighted by Crippen LogP contribution is -2.20. The zero-order chi connectivity index (χ0) is 14.8. The molecule has 0 radical (unpaired) electrons. The van der Waals surface area contributed by atoms with Crippen molar-refractivity contribution in [1.82, 2.24) is 10.2 Å². The van der Waals surface area contributed by atoms with E-state index >= 15 is 0 Å². The Morgan fingerprint density at radius 2 is 2.19 bits per heavy atom. The van der Waals surface area contributed by atoms with E-state index in [0.29, 0.717) is 5.69 Å². The van der Waals surface area contributed by atoms with Crippen LogP contribution in [0.15, 0.2) is 30.5 Å². The molecule has 6 heteroatoms. The Bertz CT molecular complexity index is 693. The van der Waals surface area contributed by atoms with Crippen LogP contribution in [0, 0.1) is 0 Å². The van der Waals surface area contributed by atoms with E-state index in [2.05, 4.69) is 20.3 Å². The minimum Gasteiger partial charge on any atom is -0.464 e. The summed E-state index contributed by atoms with van der Waals surface area (Å²) in [5, 5.41) is 9.06. The molecule has 1 unspecified atom stereocenters. The van der Waals surface area contributed by atoms with E-state index in [0.717, 1.165) is 18.4 Å². The van der Waals surface area contributed by atoms with Crippen LogP contribution in [-0.2, 0) is 16.0 Å². The summed E-state index contributed by atoms with van der Waals surface area (Å²) in [4.78, 5) is 24.0. The van der Waals surface area contributed by atoms with Crippen LogP contribution in [-0.4, -0.2) is 29.2 Å². The van der Waals surface area contributed by atoms with Crippen molar-refractivity contribution in [2.24, 2.45) is 0 Å². The molecule has 1 aliphatic rings. The Kier molecular flexibility index (Phi) is 3.43. The number of carbonyl (C=O) groups is 2. The maximum absolute atomic E-state index is 12.4. The normalized spacial score (nSPS) is 16.3. The van der Waals surface area contributed by atoms with Crippen molar-refractivity contribution in [3.8, 4) is 0 Å². The summed E-state index contributed by atoms with van der Waals surface area (Å²) in [5.41, 5.74) is 2.75. The lowest BCUT2D eigenvalue weighted by Gasteiger charge is -2.11. The smallest absolute Gasteiger partial charge is 0.358 e. The molecule has 1 atom stereocenters. The van der Waals surface area contributed by atoms with Crippen molar-refractivity contribution in [3.05, 3.63) is 47.3 Å². The van der Waals surface area contributed by atoms with Crippen LogP contribution in [0.3, 0.4) is 0 Å². The molecule has 1 aromatic carbocycles. The molecule has 21 heavy (non-hydrogen) atoms. The number of benzene rings is 1. The summed E-state index contributed by atoms with van der Waals surface area (Å²) in [6, 6.07) is 7.93. The highest BCUT2D eigenvalue weighted by Crippen LogP contribution is 2.33. The average Bonchev–Trinajstić information content (AvgIpc) is 3.12. The van der Waals surface area contributed by atoms with Gasteiger partial charge in [-0.05, 0) is 24.0 Å². The number of nitrogens with zero attached hydrogens (tertiary/aromatic N) is 1. The first-order valence-electron chi connectivity index (χ1n) is 6.71. The predicted octanol–water partition coefficient (Wildman–Crippen LogP) is 1.86. The largest absolute Gasteiger partial charge is 0.464 e. The van der Waals surface area contributed by atoms with Crippen molar-refractivity contribution in [2.75, 3.05) is 12.4 Å². The molecule has 108 valence electrons. The topological polar surface area (TPSA) is 84.1 Å². The van der Waals surface area contributed by atoms with Crippen molar-refractivity contribution in [2.45, 2.75) is 18.8 Å². The number of aromatic nitrogens is 2. The van der Waals surface area contributed by atoms with Crippen molar-refractivity contribution in [3.63, 3.8) is 0 Å². The number of rotatable bonds is 3. The van der Waals surface area contributed by atoms with Gasteiger partial charge in [0.1, 0.15) is 0 Å². The molecule has 2 aromatic rings. The number of ether oxygens (including phenoxy) is 1. The number of fused-ring (bicyclic) bond motifs is 1. The van der Waals surface area contributed by atoms with E-state index in [1.807, 2.05) is 24.3 Å². The Morgan fingerprint density at radius 3 is 3.00 bits per heavy atom. The highest BCUT2D eigenvalue weighted by Gasteiger charge is 2.29. The van der Waals surface area contributed by atoms with Crippen LogP contribution in [0.1, 0.15) is 34.0 Å². The number of nitrogens with one attached hydrogen (secondary N) is 2. The molecular formula is C15H15N3O3. The summed E-state index contributed by atoms with van der Waals surface area (Å²) >= 11 is 0. The molecule has 1 amide bonds. The van der Waals surface area contributed by atoms with Gasteiger partial charge in [0.15, 0.2) is 5.69 Å². The molecule has 1 heterocycles. The summed E-state index contributed by atoms with van der Waals surface area (Å²) in [7, 11) is 1.28. The number of carbonyl (C=O) groups excluding carboxylic acids is 2. The molecule has 0 saturated carbocycles. The van der Waals surface area contributed by atoms with Gasteiger partial charge in [-0.3, -0.25) is 9.89 Å². The predicted molar refractivity (Wildman–Crippen MR) is 76.1 cm³/mol. The minimum absolute atomic E-state index is 0.133. The third kappa shape index (κ3) is 2.40. The number of H-pyrrole nitrogens is 1. The Hall–Kier alpha value is -2.63. The Morgan fingerprint density at radius 1 is 1.38 bits per heavy atom. The van der Waals surface area contributed by atoms with Gasteiger partial charge >= 0.3 is 5.97 Å². The molecule has 0 bridgehead atoms. The molecule has 0 spiro atoms. The van der Waals surface area contributed by atoms with E-state index in [-0.39, 0.29) is 17.5 Å². The van der Waals surface area contributed by atoms with Crippen LogP contribution in [0.5, 0.6) is 0 Å². The minimum atomic E-state index is -0.561. The van der Waals surface area contributed by atoms with Gasteiger partial charge in [0.25, 0.3) is 0 Å². The van der Waals surface area contributed by atoms with Gasteiger partial charge in [-0.1, -0.05) is 24.3 Å². The lowest BCUT2D eigenvalue weighted by atomic mass is 10.0. The summed E-state index contributed by atoms with van der Waals surface area (Å²) < 4.78 is 4.64. The molecule has 3 rings (SSSR count). The second kappa shape index (κ2) is 5.40. The number of hydrogen-bond donors (Lipinski definition) is 2. The summed E-state index contributed by atoms with van der Waals surface area (Å²) in [6.07, 6.45) is 3.07. The average molecular weight is 285 g/mol. The lowest BCUT2D eigenvalue weighted by molar-refractivity contribution is -0.117. The first-order chi connectivity index (χ1) is 10.2. The molecular weight excluding hydrogens is 270 g/mol. The second-order valence-electron chi connectivity index (χ2n) is 4.93. The summed E-state index contributed by atoms with van der Waals surface area (Å²) in [5.74, 6) is -0.886. The van der Waals surface area contributed by atoms with Crippen molar-refractivity contribution in [1.29, 1.82) is 0 Å². The van der Waals surface area contributed by atoms with Gasteiger partial charge in [-0.15, -0.1) is 0 Å². The molecule has 0 aliphatic heterocycles. The monoisotopic (exact) mass is 285 g/mol. The van der Waals surface area contributed by atoms with E-state index in [1.165, 1.54) is 18.9 Å². The number of amides is 1. The molecule has 2 N–H and O–H groups in total. The van der Waals surface area contributed by atoms with Crippen molar-refractivity contribution < 1.29 is 14.3 Å². The van der Waals surface area contributed by atoms with Crippen molar-refractivity contribution >= 4 is 17.6 Å². The van der Waals surface area contributed by atoms with Crippen LogP contribution in [0.2, 0.25) is 0 Å². The number of esters is 1. The van der Waals surface area contributed by atoms with Gasteiger partial charge in [-0.25, -0.2) is 4.79 Å². The first kappa shape index (κ1) is 13.4. The quantitative estimate of drug-likeness (QED) is 0.843. The Labute approximate surface area is 121 Å². The first-order valence-corrected chi connectivity index (χ1v) is 6.71. The molecule has 0 fully saturated rings. The maximum atomic E-state index is 12.4. The SMILES string of the molecule is COC(=O)c1[nH]ncc1NC(=O)C1CCc2ccccc21. The standard InChI is InChI=1S/C15H15N3O3/c1-21-15(20)13-12(8-16-18-13)17-14(19)11-7-6-9-4-2-3-5-10(9)11/h2-5,8,11H,6-7H2,1H3,(H,16,18)(H,17,19). The third-order valence-electron chi connectivity index (χ3n) is 3.74. The Balaban J connectivity index is 1.79. The van der Waals surface area contributed by atoms with Gasteiger partial charge in [-0.2, -0.15) is 5.10 Å². The van der Waals surface area contributed by atoms with E-state index < -0.39 is 5.97 Å². The van der Waals surface area contributed by atoms with Gasteiger partial charge in [0.2, 0.25) is 5.91 Å². The van der Waals surface area contributed by atoms with Crippen LogP contribution < -0.4 is 5.32 Å². The molecule has 1 aromatic heterocycles. The highest BCUT2D eigenvalue weighted by molar-refractivity contribution is 6.02. The number of aryl methyl sites for hydroxylation is 1.